The zero-order chi connectivity index (χ0) is 16.8. The van der Waals surface area contributed by atoms with Gasteiger partial charge in [-0.15, -0.1) is 0 Å². The van der Waals surface area contributed by atoms with Gasteiger partial charge < -0.3 is 5.32 Å². The Labute approximate surface area is 137 Å². The summed E-state index contributed by atoms with van der Waals surface area (Å²) in [5, 5.41) is 3.44. The monoisotopic (exact) mass is 346 g/mol. The van der Waals surface area contributed by atoms with Crippen molar-refractivity contribution < 1.29 is 13.2 Å². The molecule has 0 aliphatic rings. The summed E-state index contributed by atoms with van der Waals surface area (Å²) in [7, 11) is -3.24. The fourth-order valence-electron chi connectivity index (χ4n) is 2.46. The van der Waals surface area contributed by atoms with Gasteiger partial charge in [0.05, 0.1) is 11.7 Å². The van der Waals surface area contributed by atoms with Gasteiger partial charge in [0.15, 0.2) is 0 Å². The average molecular weight is 347 g/mol. The predicted octanol–water partition coefficient (Wildman–Crippen LogP) is 2.06. The number of sulfonamides is 1. The van der Waals surface area contributed by atoms with Crippen LogP contribution in [-0.4, -0.2) is 33.7 Å². The summed E-state index contributed by atoms with van der Waals surface area (Å²) in [5.74, 6) is -0.102. The van der Waals surface area contributed by atoms with Gasteiger partial charge in [0.2, 0.25) is 15.9 Å². The van der Waals surface area contributed by atoms with Gasteiger partial charge in [-0.3, -0.25) is 4.79 Å². The van der Waals surface area contributed by atoms with Gasteiger partial charge in [-0.05, 0) is 30.5 Å². The van der Waals surface area contributed by atoms with Crippen LogP contribution in [0.1, 0.15) is 32.3 Å². The number of hydrogen-bond acceptors (Lipinski definition) is 3. The minimum Gasteiger partial charge on any atom is -0.354 e. The van der Waals surface area contributed by atoms with Gasteiger partial charge in [0, 0.05) is 18.1 Å². The highest BCUT2D eigenvalue weighted by Gasteiger charge is 2.36. The van der Waals surface area contributed by atoms with Crippen LogP contribution in [-0.2, 0) is 20.2 Å². The first-order valence-corrected chi connectivity index (χ1v) is 9.51. The van der Waals surface area contributed by atoms with E-state index < -0.39 is 15.4 Å². The van der Waals surface area contributed by atoms with E-state index in [9.17, 15) is 13.2 Å². The molecular weight excluding hydrogens is 324 g/mol. The summed E-state index contributed by atoms with van der Waals surface area (Å²) < 4.78 is 24.4. The van der Waals surface area contributed by atoms with Crippen molar-refractivity contribution in [2.45, 2.75) is 32.1 Å². The highest BCUT2D eigenvalue weighted by Crippen LogP contribution is 2.32. The third-order valence-electron chi connectivity index (χ3n) is 3.81. The summed E-state index contributed by atoms with van der Waals surface area (Å²) in [6.07, 6.45) is 2.39. The number of carbonyl (C=O) groups excluding carboxylic acids is 1. The number of benzene rings is 1. The van der Waals surface area contributed by atoms with E-state index in [4.69, 9.17) is 11.6 Å². The van der Waals surface area contributed by atoms with Crippen LogP contribution in [0, 0.1) is 0 Å². The summed E-state index contributed by atoms with van der Waals surface area (Å²) >= 11 is 5.91. The van der Waals surface area contributed by atoms with E-state index in [1.165, 1.54) is 0 Å². The molecule has 0 fully saturated rings. The highest BCUT2D eigenvalue weighted by atomic mass is 35.5. The van der Waals surface area contributed by atoms with Gasteiger partial charge in [-0.2, -0.15) is 0 Å². The lowest BCUT2D eigenvalue weighted by Crippen LogP contribution is -2.46. The van der Waals surface area contributed by atoms with Crippen molar-refractivity contribution in [3.63, 3.8) is 0 Å². The molecule has 0 bridgehead atoms. The molecule has 1 aromatic rings. The maximum absolute atomic E-state index is 12.6. The molecule has 22 heavy (non-hydrogen) atoms. The molecule has 1 aromatic carbocycles. The third-order valence-corrected chi connectivity index (χ3v) is 4.79. The fraction of sp³-hybridized carbons (Fsp3) is 0.533. The lowest BCUT2D eigenvalue weighted by atomic mass is 9.75. The van der Waals surface area contributed by atoms with Gasteiger partial charge in [0.25, 0.3) is 0 Å². The van der Waals surface area contributed by atoms with Crippen molar-refractivity contribution in [1.82, 2.24) is 10.0 Å². The Balaban J connectivity index is 2.81. The summed E-state index contributed by atoms with van der Waals surface area (Å²) in [6, 6.07) is 7.28. The summed E-state index contributed by atoms with van der Waals surface area (Å²) in [4.78, 5) is 12.6. The molecule has 0 heterocycles. The second kappa shape index (κ2) is 7.94. The molecule has 0 saturated heterocycles. The van der Waals surface area contributed by atoms with Crippen LogP contribution in [0.5, 0.6) is 0 Å². The normalized spacial score (nSPS) is 12.2. The number of hydrogen-bond donors (Lipinski definition) is 2. The van der Waals surface area contributed by atoms with E-state index in [1.54, 1.807) is 12.1 Å². The van der Waals surface area contributed by atoms with E-state index in [1.807, 2.05) is 26.0 Å². The van der Waals surface area contributed by atoms with Crippen molar-refractivity contribution in [2.75, 3.05) is 19.3 Å². The first-order valence-electron chi connectivity index (χ1n) is 7.24. The second-order valence-corrected chi connectivity index (χ2v) is 7.49. The first-order chi connectivity index (χ1) is 10.2. The largest absolute Gasteiger partial charge is 0.354 e. The zero-order valence-electron chi connectivity index (χ0n) is 13.1. The molecule has 0 spiro atoms. The van der Waals surface area contributed by atoms with E-state index >= 15 is 0 Å². The molecule has 0 unspecified atom stereocenters. The fourth-order valence-corrected chi connectivity index (χ4v) is 3.06. The molecular formula is C15H23ClN2O3S. The highest BCUT2D eigenvalue weighted by molar-refractivity contribution is 7.88. The Morgan fingerprint density at radius 2 is 1.68 bits per heavy atom. The summed E-state index contributed by atoms with van der Waals surface area (Å²) in [6.45, 7) is 4.36. The van der Waals surface area contributed by atoms with Crippen LogP contribution in [0.4, 0.5) is 0 Å². The molecule has 0 aromatic heterocycles. The minimum absolute atomic E-state index is 0.102. The smallest absolute Gasteiger partial charge is 0.230 e. The van der Waals surface area contributed by atoms with Crippen LogP contribution >= 0.6 is 11.6 Å². The SMILES string of the molecule is CCC(CC)(C(=O)NCCNS(C)(=O)=O)c1ccc(Cl)cc1. The Hall–Kier alpha value is -1.11. The predicted molar refractivity (Wildman–Crippen MR) is 89.6 cm³/mol. The molecule has 0 aliphatic carbocycles. The molecule has 1 amide bonds. The second-order valence-electron chi connectivity index (χ2n) is 5.22. The standard InChI is InChI=1S/C15H23ClN2O3S/c1-4-15(5-2,12-6-8-13(16)9-7-12)14(19)17-10-11-18-22(3,20)21/h6-9,18H,4-5,10-11H2,1-3H3,(H,17,19). The average Bonchev–Trinajstić information content (AvgIpc) is 2.46. The number of halogens is 1. The quantitative estimate of drug-likeness (QED) is 0.707. The van der Waals surface area contributed by atoms with Crippen LogP contribution in [0.2, 0.25) is 5.02 Å². The maximum atomic E-state index is 12.6. The van der Waals surface area contributed by atoms with Crippen molar-refractivity contribution in [3.05, 3.63) is 34.9 Å². The Morgan fingerprint density at radius 1 is 1.14 bits per heavy atom. The third kappa shape index (κ3) is 4.97. The number of amides is 1. The van der Waals surface area contributed by atoms with Crippen LogP contribution in [0.3, 0.4) is 0 Å². The molecule has 1 rings (SSSR count). The van der Waals surface area contributed by atoms with E-state index in [0.29, 0.717) is 17.9 Å². The van der Waals surface area contributed by atoms with Crippen LogP contribution in [0.25, 0.3) is 0 Å². The van der Waals surface area contributed by atoms with Gasteiger partial charge in [-0.1, -0.05) is 37.6 Å². The number of carbonyl (C=O) groups is 1. The zero-order valence-corrected chi connectivity index (χ0v) is 14.7. The van der Waals surface area contributed by atoms with Crippen LogP contribution in [0.15, 0.2) is 24.3 Å². The van der Waals surface area contributed by atoms with Crippen molar-refractivity contribution in [1.29, 1.82) is 0 Å². The van der Waals surface area contributed by atoms with E-state index in [0.717, 1.165) is 11.8 Å². The molecule has 7 heteroatoms. The number of rotatable bonds is 8. The van der Waals surface area contributed by atoms with Gasteiger partial charge in [-0.25, -0.2) is 13.1 Å². The lowest BCUT2D eigenvalue weighted by Gasteiger charge is -2.31. The summed E-state index contributed by atoms with van der Waals surface area (Å²) in [5.41, 5.74) is 0.283. The van der Waals surface area contributed by atoms with E-state index in [-0.39, 0.29) is 19.0 Å². The Bertz CT molecular complexity index is 596. The lowest BCUT2D eigenvalue weighted by molar-refractivity contribution is -0.127. The van der Waals surface area contributed by atoms with Gasteiger partial charge in [0.1, 0.15) is 0 Å². The molecule has 2 N–H and O–H groups in total. The van der Waals surface area contributed by atoms with Crippen molar-refractivity contribution in [2.24, 2.45) is 0 Å². The van der Waals surface area contributed by atoms with Crippen molar-refractivity contribution in [3.8, 4) is 0 Å². The molecule has 0 radical (unpaired) electrons. The van der Waals surface area contributed by atoms with Crippen molar-refractivity contribution >= 4 is 27.5 Å². The molecule has 0 saturated carbocycles. The van der Waals surface area contributed by atoms with E-state index in [2.05, 4.69) is 10.0 Å². The molecule has 0 atom stereocenters. The topological polar surface area (TPSA) is 75.3 Å². The molecule has 5 nitrogen and oxygen atoms in total. The Morgan fingerprint density at radius 3 is 2.14 bits per heavy atom. The van der Waals surface area contributed by atoms with Crippen LogP contribution < -0.4 is 10.0 Å². The number of nitrogens with one attached hydrogen (secondary N) is 2. The minimum atomic E-state index is -3.24. The first kappa shape index (κ1) is 18.9. The molecule has 124 valence electrons. The maximum Gasteiger partial charge on any atom is 0.230 e. The Kier molecular flexibility index (Phi) is 6.84. The van der Waals surface area contributed by atoms with Gasteiger partial charge >= 0.3 is 0 Å². The molecule has 0 aliphatic heterocycles.